The number of nitrogens with one attached hydrogen (secondary N) is 2. The zero-order chi connectivity index (χ0) is 14.6. The Morgan fingerprint density at radius 1 is 1.40 bits per heavy atom. The SMILES string of the molecule is COCC1(CNC(=O)c2cc(Cl)cc(Cl)c2)CCCN1. The van der Waals surface area contributed by atoms with E-state index in [1.54, 1.807) is 25.3 Å². The summed E-state index contributed by atoms with van der Waals surface area (Å²) in [7, 11) is 1.67. The predicted octanol–water partition coefficient (Wildman–Crippen LogP) is 2.49. The van der Waals surface area contributed by atoms with E-state index in [0.29, 0.717) is 28.8 Å². The van der Waals surface area contributed by atoms with Crippen molar-refractivity contribution in [3.05, 3.63) is 33.8 Å². The van der Waals surface area contributed by atoms with E-state index in [1.807, 2.05) is 0 Å². The minimum absolute atomic E-state index is 0.174. The maximum Gasteiger partial charge on any atom is 0.251 e. The number of methoxy groups -OCH3 is 1. The van der Waals surface area contributed by atoms with Crippen molar-refractivity contribution in [2.75, 3.05) is 26.8 Å². The molecule has 2 rings (SSSR count). The van der Waals surface area contributed by atoms with Gasteiger partial charge >= 0.3 is 0 Å². The van der Waals surface area contributed by atoms with Gasteiger partial charge in [0.2, 0.25) is 0 Å². The fourth-order valence-corrected chi connectivity index (χ4v) is 3.03. The van der Waals surface area contributed by atoms with Crippen LogP contribution in [-0.2, 0) is 4.74 Å². The molecule has 1 aromatic rings. The van der Waals surface area contributed by atoms with Crippen LogP contribution in [0.4, 0.5) is 0 Å². The molecular formula is C14H18Cl2N2O2. The van der Waals surface area contributed by atoms with E-state index in [2.05, 4.69) is 10.6 Å². The summed E-state index contributed by atoms with van der Waals surface area (Å²) in [5, 5.41) is 7.24. The third-order valence-corrected chi connectivity index (χ3v) is 3.90. The van der Waals surface area contributed by atoms with Gasteiger partial charge in [-0.15, -0.1) is 0 Å². The first-order chi connectivity index (χ1) is 9.54. The van der Waals surface area contributed by atoms with Gasteiger partial charge in [0.15, 0.2) is 0 Å². The minimum atomic E-state index is -0.182. The van der Waals surface area contributed by atoms with Crippen LogP contribution in [0.25, 0.3) is 0 Å². The smallest absolute Gasteiger partial charge is 0.251 e. The van der Waals surface area contributed by atoms with Crippen molar-refractivity contribution in [3.8, 4) is 0 Å². The highest BCUT2D eigenvalue weighted by Gasteiger charge is 2.33. The van der Waals surface area contributed by atoms with Crippen molar-refractivity contribution in [2.24, 2.45) is 0 Å². The third-order valence-electron chi connectivity index (χ3n) is 3.46. The lowest BCUT2D eigenvalue weighted by molar-refractivity contribution is 0.0892. The molecular weight excluding hydrogens is 299 g/mol. The molecule has 1 saturated heterocycles. The molecule has 20 heavy (non-hydrogen) atoms. The lowest BCUT2D eigenvalue weighted by atomic mass is 9.98. The molecule has 2 N–H and O–H groups in total. The molecule has 1 aliphatic heterocycles. The van der Waals surface area contributed by atoms with Gasteiger partial charge < -0.3 is 15.4 Å². The first-order valence-corrected chi connectivity index (χ1v) is 7.28. The summed E-state index contributed by atoms with van der Waals surface area (Å²) in [5.74, 6) is -0.182. The van der Waals surface area contributed by atoms with E-state index in [0.717, 1.165) is 19.4 Å². The highest BCUT2D eigenvalue weighted by atomic mass is 35.5. The summed E-state index contributed by atoms with van der Waals surface area (Å²) in [6.45, 7) is 2.04. The Morgan fingerprint density at radius 2 is 2.10 bits per heavy atom. The van der Waals surface area contributed by atoms with Crippen LogP contribution < -0.4 is 10.6 Å². The second-order valence-corrected chi connectivity index (χ2v) is 5.96. The summed E-state index contributed by atoms with van der Waals surface area (Å²) < 4.78 is 5.25. The fraction of sp³-hybridized carbons (Fsp3) is 0.500. The molecule has 1 aromatic carbocycles. The molecule has 0 aromatic heterocycles. The fourth-order valence-electron chi connectivity index (χ4n) is 2.51. The maximum absolute atomic E-state index is 12.2. The summed E-state index contributed by atoms with van der Waals surface area (Å²) >= 11 is 11.8. The average Bonchev–Trinajstić information content (AvgIpc) is 2.84. The Balaban J connectivity index is 2.00. The molecule has 0 saturated carbocycles. The maximum atomic E-state index is 12.2. The molecule has 6 heteroatoms. The Kier molecular flexibility index (Phi) is 5.27. The highest BCUT2D eigenvalue weighted by molar-refractivity contribution is 6.35. The van der Waals surface area contributed by atoms with Crippen molar-refractivity contribution in [1.29, 1.82) is 0 Å². The molecule has 4 nitrogen and oxygen atoms in total. The van der Waals surface area contributed by atoms with Gasteiger partial charge in [0.1, 0.15) is 0 Å². The van der Waals surface area contributed by atoms with Crippen LogP contribution in [-0.4, -0.2) is 38.3 Å². The number of carbonyl (C=O) groups is 1. The Hall–Kier alpha value is -0.810. The number of carbonyl (C=O) groups excluding carboxylic acids is 1. The van der Waals surface area contributed by atoms with Gasteiger partial charge in [-0.1, -0.05) is 23.2 Å². The minimum Gasteiger partial charge on any atom is -0.383 e. The van der Waals surface area contributed by atoms with Crippen LogP contribution in [0, 0.1) is 0 Å². The molecule has 1 amide bonds. The zero-order valence-electron chi connectivity index (χ0n) is 11.3. The summed E-state index contributed by atoms with van der Waals surface area (Å²) in [6, 6.07) is 4.81. The third kappa shape index (κ3) is 3.85. The normalized spacial score (nSPS) is 21.9. The van der Waals surface area contributed by atoms with E-state index in [9.17, 15) is 4.79 Å². The largest absolute Gasteiger partial charge is 0.383 e. The van der Waals surface area contributed by atoms with E-state index >= 15 is 0 Å². The number of hydrogen-bond acceptors (Lipinski definition) is 3. The standard InChI is InChI=1S/C14H18Cl2N2O2/c1-20-9-14(3-2-4-18-14)8-17-13(19)10-5-11(15)7-12(16)6-10/h5-7,18H,2-4,8-9H2,1H3,(H,17,19). The van der Waals surface area contributed by atoms with Crippen molar-refractivity contribution in [3.63, 3.8) is 0 Å². The summed E-state index contributed by atoms with van der Waals surface area (Å²) in [4.78, 5) is 12.2. The Bertz CT molecular complexity index is 468. The molecule has 1 atom stereocenters. The topological polar surface area (TPSA) is 50.4 Å². The number of rotatable bonds is 5. The molecule has 1 fully saturated rings. The van der Waals surface area contributed by atoms with Crippen molar-refractivity contribution in [1.82, 2.24) is 10.6 Å². The number of amides is 1. The lowest BCUT2D eigenvalue weighted by Gasteiger charge is -2.29. The first kappa shape index (κ1) is 15.6. The number of hydrogen-bond donors (Lipinski definition) is 2. The van der Waals surface area contributed by atoms with Crippen LogP contribution >= 0.6 is 23.2 Å². The molecule has 0 aliphatic carbocycles. The van der Waals surface area contributed by atoms with Gasteiger partial charge in [-0.25, -0.2) is 0 Å². The summed E-state index contributed by atoms with van der Waals surface area (Å²) in [5.41, 5.74) is 0.292. The molecule has 0 radical (unpaired) electrons. The van der Waals surface area contributed by atoms with Crippen molar-refractivity contribution in [2.45, 2.75) is 18.4 Å². The first-order valence-electron chi connectivity index (χ1n) is 6.53. The van der Waals surface area contributed by atoms with E-state index in [1.165, 1.54) is 0 Å². The Morgan fingerprint density at radius 3 is 2.65 bits per heavy atom. The van der Waals surface area contributed by atoms with Crippen molar-refractivity contribution < 1.29 is 9.53 Å². The van der Waals surface area contributed by atoms with Crippen LogP contribution in [0.15, 0.2) is 18.2 Å². The quantitative estimate of drug-likeness (QED) is 0.877. The molecule has 1 heterocycles. The van der Waals surface area contributed by atoms with Crippen LogP contribution in [0.2, 0.25) is 10.0 Å². The molecule has 110 valence electrons. The summed E-state index contributed by atoms with van der Waals surface area (Å²) in [6.07, 6.45) is 2.07. The van der Waals surface area contributed by atoms with Gasteiger partial charge in [-0.3, -0.25) is 4.79 Å². The molecule has 0 spiro atoms. The van der Waals surface area contributed by atoms with E-state index < -0.39 is 0 Å². The van der Waals surface area contributed by atoms with Gasteiger partial charge in [-0.05, 0) is 37.6 Å². The average molecular weight is 317 g/mol. The highest BCUT2D eigenvalue weighted by Crippen LogP contribution is 2.21. The molecule has 1 aliphatic rings. The molecule has 1 unspecified atom stereocenters. The number of halogens is 2. The predicted molar refractivity (Wildman–Crippen MR) is 80.6 cm³/mol. The second-order valence-electron chi connectivity index (χ2n) is 5.08. The van der Waals surface area contributed by atoms with Crippen LogP contribution in [0.3, 0.4) is 0 Å². The van der Waals surface area contributed by atoms with Gasteiger partial charge in [0.05, 0.1) is 12.1 Å². The Labute approximate surface area is 128 Å². The number of benzene rings is 1. The van der Waals surface area contributed by atoms with Gasteiger partial charge in [0.25, 0.3) is 5.91 Å². The zero-order valence-corrected chi connectivity index (χ0v) is 12.9. The molecule has 0 bridgehead atoms. The van der Waals surface area contributed by atoms with E-state index in [-0.39, 0.29) is 11.4 Å². The van der Waals surface area contributed by atoms with Gasteiger partial charge in [-0.2, -0.15) is 0 Å². The monoisotopic (exact) mass is 316 g/mol. The van der Waals surface area contributed by atoms with Gasteiger partial charge in [0, 0.05) is 29.3 Å². The second kappa shape index (κ2) is 6.76. The van der Waals surface area contributed by atoms with Crippen LogP contribution in [0.1, 0.15) is 23.2 Å². The lowest BCUT2D eigenvalue weighted by Crippen LogP contribution is -2.53. The number of ether oxygens (including phenoxy) is 1. The van der Waals surface area contributed by atoms with E-state index in [4.69, 9.17) is 27.9 Å². The van der Waals surface area contributed by atoms with Crippen LogP contribution in [0.5, 0.6) is 0 Å². The van der Waals surface area contributed by atoms with Crippen molar-refractivity contribution >= 4 is 29.1 Å².